The lowest BCUT2D eigenvalue weighted by molar-refractivity contribution is -0.126. The number of rotatable bonds is 5. The Morgan fingerprint density at radius 3 is 2.73 bits per heavy atom. The fraction of sp³-hybridized carbons (Fsp3) is 0.368. The summed E-state index contributed by atoms with van der Waals surface area (Å²) >= 11 is 0. The lowest BCUT2D eigenvalue weighted by Crippen LogP contribution is -2.42. The number of hydrogen-bond acceptors (Lipinski definition) is 4. The summed E-state index contributed by atoms with van der Waals surface area (Å²) in [5.41, 5.74) is 0.904. The molecule has 2 heterocycles. The molecule has 0 unspecified atom stereocenters. The van der Waals surface area contributed by atoms with Crippen molar-refractivity contribution in [3.63, 3.8) is 0 Å². The second-order valence-electron chi connectivity index (χ2n) is 6.35. The maximum atomic E-state index is 12.9. The van der Waals surface area contributed by atoms with Crippen molar-refractivity contribution in [2.24, 2.45) is 5.92 Å². The zero-order chi connectivity index (χ0) is 17.6. The van der Waals surface area contributed by atoms with Gasteiger partial charge in [-0.1, -0.05) is 6.07 Å². The van der Waals surface area contributed by atoms with Crippen LogP contribution in [0, 0.1) is 11.7 Å². The summed E-state index contributed by atoms with van der Waals surface area (Å²) in [7, 11) is 0. The smallest absolute Gasteiger partial charge is 0.223 e. The zero-order valence-electron chi connectivity index (χ0n) is 14.6. The summed E-state index contributed by atoms with van der Waals surface area (Å²) in [6, 6.07) is 9.74. The number of carbonyl (C=O) groups excluding carboxylic acids is 1. The molecule has 0 radical (unpaired) electrons. The Morgan fingerprint density at radius 2 is 2.08 bits per heavy atom. The molecule has 0 aliphatic carbocycles. The molecular formula is C19H23ClFN3O2. The van der Waals surface area contributed by atoms with Crippen LogP contribution >= 0.6 is 12.4 Å². The SMILES string of the molecule is C[C@H]1C[C@@H](C(=O)NCc2ccc(Oc3ccc(F)cc3)nc2)CCN1.Cl. The number of pyridine rings is 1. The molecule has 0 saturated carbocycles. The number of halogens is 2. The molecule has 7 heteroatoms. The van der Waals surface area contributed by atoms with E-state index in [1.165, 1.54) is 12.1 Å². The quantitative estimate of drug-likeness (QED) is 0.835. The molecule has 1 aromatic heterocycles. The van der Waals surface area contributed by atoms with Crippen LogP contribution in [-0.4, -0.2) is 23.5 Å². The van der Waals surface area contributed by atoms with E-state index >= 15 is 0 Å². The summed E-state index contributed by atoms with van der Waals surface area (Å²) in [5.74, 6) is 0.809. The predicted molar refractivity (Wildman–Crippen MR) is 100.0 cm³/mol. The van der Waals surface area contributed by atoms with Crippen molar-refractivity contribution >= 4 is 18.3 Å². The van der Waals surface area contributed by atoms with Crippen molar-refractivity contribution in [1.82, 2.24) is 15.6 Å². The molecule has 2 aromatic rings. The first-order valence-electron chi connectivity index (χ1n) is 8.49. The third-order valence-electron chi connectivity index (χ3n) is 4.29. The molecule has 1 fully saturated rings. The van der Waals surface area contributed by atoms with E-state index in [0.717, 1.165) is 24.9 Å². The Labute approximate surface area is 158 Å². The highest BCUT2D eigenvalue weighted by Gasteiger charge is 2.24. The molecule has 1 aliphatic heterocycles. The summed E-state index contributed by atoms with van der Waals surface area (Å²) in [6.45, 7) is 3.43. The summed E-state index contributed by atoms with van der Waals surface area (Å²) in [4.78, 5) is 16.5. The molecular weight excluding hydrogens is 357 g/mol. The third kappa shape index (κ3) is 5.68. The Morgan fingerprint density at radius 1 is 1.31 bits per heavy atom. The van der Waals surface area contributed by atoms with Crippen LogP contribution in [0.25, 0.3) is 0 Å². The fourth-order valence-electron chi connectivity index (χ4n) is 2.90. The number of amides is 1. The fourth-order valence-corrected chi connectivity index (χ4v) is 2.90. The molecule has 1 saturated heterocycles. The van der Waals surface area contributed by atoms with Gasteiger partial charge in [0, 0.05) is 30.8 Å². The Bertz CT molecular complexity index is 710. The highest BCUT2D eigenvalue weighted by atomic mass is 35.5. The first-order valence-corrected chi connectivity index (χ1v) is 8.49. The van der Waals surface area contributed by atoms with Crippen LogP contribution in [0.2, 0.25) is 0 Å². The van der Waals surface area contributed by atoms with Crippen LogP contribution < -0.4 is 15.4 Å². The van der Waals surface area contributed by atoms with Crippen molar-refractivity contribution in [2.75, 3.05) is 6.54 Å². The highest BCUT2D eigenvalue weighted by molar-refractivity contribution is 5.85. The van der Waals surface area contributed by atoms with Crippen molar-refractivity contribution in [3.8, 4) is 11.6 Å². The molecule has 140 valence electrons. The maximum Gasteiger partial charge on any atom is 0.223 e. The first-order chi connectivity index (χ1) is 12.1. The average Bonchev–Trinajstić information content (AvgIpc) is 2.63. The topological polar surface area (TPSA) is 63.2 Å². The number of piperidine rings is 1. The molecule has 3 rings (SSSR count). The summed E-state index contributed by atoms with van der Waals surface area (Å²) in [6.07, 6.45) is 3.41. The van der Waals surface area contributed by atoms with Gasteiger partial charge in [0.25, 0.3) is 0 Å². The zero-order valence-corrected chi connectivity index (χ0v) is 15.4. The minimum absolute atomic E-state index is 0. The van der Waals surface area contributed by atoms with Crippen LogP contribution in [0.4, 0.5) is 4.39 Å². The van der Waals surface area contributed by atoms with Gasteiger partial charge in [-0.15, -0.1) is 12.4 Å². The van der Waals surface area contributed by atoms with Gasteiger partial charge in [0.15, 0.2) is 0 Å². The van der Waals surface area contributed by atoms with E-state index in [9.17, 15) is 9.18 Å². The number of aromatic nitrogens is 1. The van der Waals surface area contributed by atoms with E-state index in [1.54, 1.807) is 24.4 Å². The molecule has 1 aliphatic rings. The molecule has 1 amide bonds. The van der Waals surface area contributed by atoms with E-state index in [0.29, 0.717) is 24.2 Å². The number of nitrogens with zero attached hydrogens (tertiary/aromatic N) is 1. The monoisotopic (exact) mass is 379 g/mol. The van der Waals surface area contributed by atoms with Crippen molar-refractivity contribution in [1.29, 1.82) is 0 Å². The van der Waals surface area contributed by atoms with Crippen LogP contribution in [0.15, 0.2) is 42.6 Å². The maximum absolute atomic E-state index is 12.9. The Balaban J connectivity index is 0.00000243. The van der Waals surface area contributed by atoms with Gasteiger partial charge in [0.05, 0.1) is 0 Å². The van der Waals surface area contributed by atoms with Gasteiger partial charge in [-0.3, -0.25) is 4.79 Å². The normalized spacial score (nSPS) is 19.3. The molecule has 2 N–H and O–H groups in total. The van der Waals surface area contributed by atoms with E-state index < -0.39 is 0 Å². The van der Waals surface area contributed by atoms with Crippen molar-refractivity contribution < 1.29 is 13.9 Å². The Kier molecular flexibility index (Phi) is 7.36. The van der Waals surface area contributed by atoms with Crippen LogP contribution in [0.5, 0.6) is 11.6 Å². The Hall–Kier alpha value is -2.18. The van der Waals surface area contributed by atoms with Crippen LogP contribution in [0.1, 0.15) is 25.3 Å². The second-order valence-corrected chi connectivity index (χ2v) is 6.35. The van der Waals surface area contributed by atoms with Gasteiger partial charge in [0.2, 0.25) is 11.8 Å². The minimum atomic E-state index is -0.311. The lowest BCUT2D eigenvalue weighted by Gasteiger charge is -2.27. The third-order valence-corrected chi connectivity index (χ3v) is 4.29. The molecule has 1 aromatic carbocycles. The first kappa shape index (κ1) is 20.1. The van der Waals surface area contributed by atoms with Gasteiger partial charge in [0.1, 0.15) is 11.6 Å². The molecule has 2 atom stereocenters. The number of benzene rings is 1. The number of hydrogen-bond donors (Lipinski definition) is 2. The van der Waals surface area contributed by atoms with E-state index in [-0.39, 0.29) is 30.0 Å². The standard InChI is InChI=1S/C19H22FN3O2.ClH/c1-13-10-15(8-9-21-13)19(24)23-12-14-2-7-18(22-11-14)25-17-5-3-16(20)4-6-17;/h2-7,11,13,15,21H,8-10,12H2,1H3,(H,23,24);1H/t13-,15-;/m0./s1. The highest BCUT2D eigenvalue weighted by Crippen LogP contribution is 2.20. The number of carbonyl (C=O) groups is 1. The van der Waals surface area contributed by atoms with Gasteiger partial charge < -0.3 is 15.4 Å². The summed E-state index contributed by atoms with van der Waals surface area (Å²) < 4.78 is 18.4. The number of nitrogens with one attached hydrogen (secondary N) is 2. The van der Waals surface area contributed by atoms with Gasteiger partial charge >= 0.3 is 0 Å². The minimum Gasteiger partial charge on any atom is -0.439 e. The molecule has 5 nitrogen and oxygen atoms in total. The van der Waals surface area contributed by atoms with Gasteiger partial charge in [-0.05, 0) is 56.1 Å². The lowest BCUT2D eigenvalue weighted by atomic mass is 9.92. The van der Waals surface area contributed by atoms with Crippen LogP contribution in [-0.2, 0) is 11.3 Å². The van der Waals surface area contributed by atoms with Gasteiger partial charge in [-0.25, -0.2) is 9.37 Å². The van der Waals surface area contributed by atoms with Crippen molar-refractivity contribution in [2.45, 2.75) is 32.4 Å². The molecule has 26 heavy (non-hydrogen) atoms. The molecule has 0 bridgehead atoms. The summed E-state index contributed by atoms with van der Waals surface area (Å²) in [5, 5.41) is 6.32. The van der Waals surface area contributed by atoms with E-state index in [1.807, 2.05) is 6.07 Å². The average molecular weight is 380 g/mol. The second kappa shape index (κ2) is 9.50. The largest absolute Gasteiger partial charge is 0.439 e. The van der Waals surface area contributed by atoms with E-state index in [2.05, 4.69) is 22.5 Å². The van der Waals surface area contributed by atoms with Crippen LogP contribution in [0.3, 0.4) is 0 Å². The molecule has 0 spiro atoms. The predicted octanol–water partition coefficient (Wildman–Crippen LogP) is 3.44. The number of ether oxygens (including phenoxy) is 1. The van der Waals surface area contributed by atoms with Gasteiger partial charge in [-0.2, -0.15) is 0 Å². The van der Waals surface area contributed by atoms with E-state index in [4.69, 9.17) is 4.74 Å². The van der Waals surface area contributed by atoms with Crippen molar-refractivity contribution in [3.05, 3.63) is 54.0 Å².